The monoisotopic (exact) mass is 293 g/mol. The third kappa shape index (κ3) is 2.91. The molecule has 2 rings (SSSR count). The second-order valence-corrected chi connectivity index (χ2v) is 4.82. The molecule has 0 aliphatic carbocycles. The number of rotatable bonds is 5. The summed E-state index contributed by atoms with van der Waals surface area (Å²) < 4.78 is 0. The lowest BCUT2D eigenvalue weighted by Crippen LogP contribution is -2.19. The predicted molar refractivity (Wildman–Crippen MR) is 74.3 cm³/mol. The third-order valence-corrected chi connectivity index (χ3v) is 3.35. The molecule has 2 aromatic rings. The van der Waals surface area contributed by atoms with Gasteiger partial charge in [0.05, 0.1) is 33.9 Å². The van der Waals surface area contributed by atoms with Crippen LogP contribution in [0.15, 0.2) is 29.1 Å². The fourth-order valence-electron chi connectivity index (χ4n) is 1.77. The molecule has 0 unspecified atom stereocenters. The Kier molecular flexibility index (Phi) is 3.94. The summed E-state index contributed by atoms with van der Waals surface area (Å²) in [6, 6.07) is 3.69. The number of anilines is 1. The summed E-state index contributed by atoms with van der Waals surface area (Å²) in [6.07, 6.45) is 0. The summed E-state index contributed by atoms with van der Waals surface area (Å²) in [7, 11) is 1.67. The second kappa shape index (κ2) is 5.66. The average molecular weight is 293 g/mol. The Morgan fingerprint density at radius 1 is 1.55 bits per heavy atom. The Bertz CT molecular complexity index is 642. The van der Waals surface area contributed by atoms with E-state index in [0.29, 0.717) is 12.2 Å². The van der Waals surface area contributed by atoms with E-state index in [-0.39, 0.29) is 11.3 Å². The molecule has 0 bridgehead atoms. The maximum absolute atomic E-state index is 11.2. The van der Waals surface area contributed by atoms with Gasteiger partial charge in [-0.15, -0.1) is 11.3 Å². The molecule has 1 aromatic heterocycles. The van der Waals surface area contributed by atoms with Gasteiger partial charge in [0.1, 0.15) is 0 Å². The highest BCUT2D eigenvalue weighted by Crippen LogP contribution is 2.26. The van der Waals surface area contributed by atoms with Crippen LogP contribution in [-0.2, 0) is 6.54 Å². The summed E-state index contributed by atoms with van der Waals surface area (Å²) in [4.78, 5) is 27.2. The van der Waals surface area contributed by atoms with Crippen LogP contribution in [0.3, 0.4) is 0 Å². The first-order chi connectivity index (χ1) is 9.49. The fourth-order valence-corrected chi connectivity index (χ4v) is 2.32. The lowest BCUT2D eigenvalue weighted by molar-refractivity contribution is -0.384. The predicted octanol–water partition coefficient (Wildman–Crippen LogP) is 2.39. The van der Waals surface area contributed by atoms with E-state index in [1.165, 1.54) is 29.5 Å². The van der Waals surface area contributed by atoms with Crippen LogP contribution >= 0.6 is 11.3 Å². The van der Waals surface area contributed by atoms with Gasteiger partial charge in [0.2, 0.25) is 0 Å². The summed E-state index contributed by atoms with van der Waals surface area (Å²) in [5.74, 6) is -1.12. The number of carboxylic acid groups (broad SMARTS) is 1. The Morgan fingerprint density at radius 2 is 2.30 bits per heavy atom. The van der Waals surface area contributed by atoms with Gasteiger partial charge in [0.15, 0.2) is 0 Å². The average Bonchev–Trinajstić information content (AvgIpc) is 2.90. The minimum atomic E-state index is -1.12. The first-order valence-corrected chi connectivity index (χ1v) is 6.53. The minimum Gasteiger partial charge on any atom is -0.478 e. The number of aromatic carboxylic acids is 1. The van der Waals surface area contributed by atoms with Gasteiger partial charge in [-0.2, -0.15) is 0 Å². The van der Waals surface area contributed by atoms with E-state index >= 15 is 0 Å². The Labute approximate surface area is 118 Å². The lowest BCUT2D eigenvalue weighted by atomic mass is 10.1. The van der Waals surface area contributed by atoms with E-state index in [2.05, 4.69) is 4.98 Å². The normalized spacial score (nSPS) is 10.2. The third-order valence-electron chi connectivity index (χ3n) is 2.72. The van der Waals surface area contributed by atoms with Crippen molar-refractivity contribution < 1.29 is 14.8 Å². The number of hydrogen-bond donors (Lipinski definition) is 1. The van der Waals surface area contributed by atoms with Crippen LogP contribution in [0.4, 0.5) is 11.4 Å². The van der Waals surface area contributed by atoms with Crippen molar-refractivity contribution in [3.63, 3.8) is 0 Å². The Hall–Kier alpha value is -2.48. The zero-order valence-corrected chi connectivity index (χ0v) is 11.3. The van der Waals surface area contributed by atoms with E-state index in [1.807, 2.05) is 5.38 Å². The van der Waals surface area contributed by atoms with Gasteiger partial charge in [-0.05, 0) is 6.07 Å². The molecule has 0 aliphatic heterocycles. The van der Waals surface area contributed by atoms with Gasteiger partial charge in [0.25, 0.3) is 5.69 Å². The van der Waals surface area contributed by atoms with Crippen molar-refractivity contribution in [1.29, 1.82) is 0 Å². The second-order valence-electron chi connectivity index (χ2n) is 4.10. The molecular weight excluding hydrogens is 282 g/mol. The summed E-state index contributed by atoms with van der Waals surface area (Å²) >= 11 is 1.43. The molecule has 7 nitrogen and oxygen atoms in total. The first kappa shape index (κ1) is 13.9. The number of nitro groups is 1. The molecule has 0 saturated heterocycles. The van der Waals surface area contributed by atoms with Crippen LogP contribution in [0.5, 0.6) is 0 Å². The van der Waals surface area contributed by atoms with Gasteiger partial charge in [-0.1, -0.05) is 0 Å². The van der Waals surface area contributed by atoms with E-state index in [9.17, 15) is 14.9 Å². The van der Waals surface area contributed by atoms with Crippen molar-refractivity contribution in [1.82, 2.24) is 4.98 Å². The van der Waals surface area contributed by atoms with Crippen LogP contribution in [0, 0.1) is 10.1 Å². The van der Waals surface area contributed by atoms with Crippen LogP contribution < -0.4 is 4.90 Å². The molecule has 0 radical (unpaired) electrons. The van der Waals surface area contributed by atoms with Crippen LogP contribution in [0.25, 0.3) is 0 Å². The van der Waals surface area contributed by atoms with Crippen molar-refractivity contribution in [2.45, 2.75) is 6.54 Å². The van der Waals surface area contributed by atoms with Gasteiger partial charge in [-0.25, -0.2) is 9.78 Å². The number of aromatic nitrogens is 1. The number of thiazole rings is 1. The molecular formula is C12H11N3O4S. The van der Waals surface area contributed by atoms with Gasteiger partial charge in [-0.3, -0.25) is 10.1 Å². The maximum Gasteiger partial charge on any atom is 0.337 e. The molecule has 0 saturated carbocycles. The molecule has 0 amide bonds. The van der Waals surface area contributed by atoms with Crippen LogP contribution in [-0.4, -0.2) is 28.0 Å². The Morgan fingerprint density at radius 3 is 2.85 bits per heavy atom. The maximum atomic E-state index is 11.2. The van der Waals surface area contributed by atoms with E-state index in [4.69, 9.17) is 5.11 Å². The number of nitro benzene ring substituents is 1. The summed E-state index contributed by atoms with van der Waals surface area (Å²) in [5.41, 5.74) is 2.62. The fraction of sp³-hybridized carbons (Fsp3) is 0.167. The summed E-state index contributed by atoms with van der Waals surface area (Å²) in [5, 5.41) is 21.8. The SMILES string of the molecule is CN(Cc1cscn1)c1cc([N+](=O)[O-])ccc1C(=O)O. The van der Waals surface area contributed by atoms with Crippen LogP contribution in [0.2, 0.25) is 0 Å². The molecule has 1 N–H and O–H groups in total. The molecule has 1 aromatic carbocycles. The van der Waals surface area contributed by atoms with Gasteiger partial charge in [0, 0.05) is 24.6 Å². The van der Waals surface area contributed by atoms with Crippen molar-refractivity contribution in [2.24, 2.45) is 0 Å². The molecule has 0 fully saturated rings. The van der Waals surface area contributed by atoms with Crippen molar-refractivity contribution >= 4 is 28.7 Å². The smallest absolute Gasteiger partial charge is 0.337 e. The molecule has 20 heavy (non-hydrogen) atoms. The molecule has 0 spiro atoms. The molecule has 0 aliphatic rings. The minimum absolute atomic E-state index is 0.0216. The highest BCUT2D eigenvalue weighted by Gasteiger charge is 2.18. The van der Waals surface area contributed by atoms with Gasteiger partial charge >= 0.3 is 5.97 Å². The molecule has 104 valence electrons. The van der Waals surface area contributed by atoms with E-state index in [1.54, 1.807) is 17.5 Å². The number of nitrogens with zero attached hydrogens (tertiary/aromatic N) is 3. The van der Waals surface area contributed by atoms with Gasteiger partial charge < -0.3 is 10.0 Å². The molecule has 8 heteroatoms. The van der Waals surface area contributed by atoms with Crippen molar-refractivity contribution in [3.8, 4) is 0 Å². The van der Waals surface area contributed by atoms with Crippen molar-refractivity contribution in [2.75, 3.05) is 11.9 Å². The van der Waals surface area contributed by atoms with E-state index < -0.39 is 10.9 Å². The molecule has 0 atom stereocenters. The Balaban J connectivity index is 2.38. The van der Waals surface area contributed by atoms with E-state index in [0.717, 1.165) is 5.69 Å². The zero-order valence-electron chi connectivity index (χ0n) is 10.5. The largest absolute Gasteiger partial charge is 0.478 e. The number of carboxylic acids is 1. The highest BCUT2D eigenvalue weighted by atomic mass is 32.1. The number of carbonyl (C=O) groups is 1. The zero-order chi connectivity index (χ0) is 14.7. The summed E-state index contributed by atoms with van der Waals surface area (Å²) in [6.45, 7) is 0.380. The number of hydrogen-bond acceptors (Lipinski definition) is 6. The lowest BCUT2D eigenvalue weighted by Gasteiger charge is -2.19. The number of non-ortho nitro benzene ring substituents is 1. The first-order valence-electron chi connectivity index (χ1n) is 5.59. The van der Waals surface area contributed by atoms with Crippen LogP contribution in [0.1, 0.15) is 16.1 Å². The topological polar surface area (TPSA) is 96.6 Å². The molecule has 1 heterocycles. The number of benzene rings is 1. The van der Waals surface area contributed by atoms with Crippen molar-refractivity contribution in [3.05, 3.63) is 50.5 Å². The highest BCUT2D eigenvalue weighted by molar-refractivity contribution is 7.07. The standard InChI is InChI=1S/C12H11N3O4S/c1-14(5-8-6-20-7-13-8)11-4-9(15(18)19)2-3-10(11)12(16)17/h2-4,6-7H,5H2,1H3,(H,16,17). The quantitative estimate of drug-likeness (QED) is 0.671.